The second-order valence-electron chi connectivity index (χ2n) is 4.62. The molecule has 3 heteroatoms. The van der Waals surface area contributed by atoms with Crippen molar-refractivity contribution in [2.75, 3.05) is 33.2 Å². The molecule has 2 heterocycles. The molecule has 0 radical (unpaired) electrons. The maximum atomic E-state index is 4.62. The van der Waals surface area contributed by atoms with E-state index >= 15 is 0 Å². The highest BCUT2D eigenvalue weighted by Crippen LogP contribution is 2.45. The molecule has 3 aliphatic rings. The average Bonchev–Trinajstić information content (AvgIpc) is 2.75. The van der Waals surface area contributed by atoms with Gasteiger partial charge in [-0.05, 0) is 24.7 Å². The van der Waals surface area contributed by atoms with Crippen molar-refractivity contribution in [2.45, 2.75) is 12.8 Å². The average molecular weight is 179 g/mol. The van der Waals surface area contributed by atoms with Crippen LogP contribution in [0.25, 0.3) is 0 Å². The van der Waals surface area contributed by atoms with Gasteiger partial charge < -0.3 is 9.80 Å². The molecule has 1 saturated carbocycles. The Labute approximate surface area is 79.4 Å². The van der Waals surface area contributed by atoms with Crippen molar-refractivity contribution < 1.29 is 0 Å². The molecule has 0 aromatic rings. The third-order valence-corrected chi connectivity index (χ3v) is 3.51. The molecule has 0 spiro atoms. The Bertz CT molecular complexity index is 239. The molecule has 2 unspecified atom stereocenters. The lowest BCUT2D eigenvalue weighted by atomic mass is 10.3. The SMILES string of the molecule is CN1CCCN=C1N1CC2CC2C1. The van der Waals surface area contributed by atoms with Crippen molar-refractivity contribution in [1.29, 1.82) is 0 Å². The van der Waals surface area contributed by atoms with Crippen molar-refractivity contribution in [3.05, 3.63) is 0 Å². The lowest BCUT2D eigenvalue weighted by Gasteiger charge is -2.32. The van der Waals surface area contributed by atoms with E-state index in [0.717, 1.165) is 18.4 Å². The quantitative estimate of drug-likeness (QED) is 0.543. The molecule has 0 amide bonds. The number of aliphatic imine (C=N–C) groups is 1. The first-order chi connectivity index (χ1) is 6.34. The number of hydrogen-bond donors (Lipinski definition) is 0. The van der Waals surface area contributed by atoms with E-state index < -0.39 is 0 Å². The van der Waals surface area contributed by atoms with Gasteiger partial charge in [-0.15, -0.1) is 0 Å². The highest BCUT2D eigenvalue weighted by atomic mass is 15.4. The molecule has 2 aliphatic heterocycles. The molecule has 13 heavy (non-hydrogen) atoms. The lowest BCUT2D eigenvalue weighted by molar-refractivity contribution is 0.349. The van der Waals surface area contributed by atoms with E-state index in [0.29, 0.717) is 0 Å². The molecule has 72 valence electrons. The zero-order valence-electron chi connectivity index (χ0n) is 8.24. The summed E-state index contributed by atoms with van der Waals surface area (Å²) in [6.45, 7) is 4.76. The van der Waals surface area contributed by atoms with Crippen LogP contribution >= 0.6 is 0 Å². The highest BCUT2D eigenvalue weighted by Gasteiger charge is 2.46. The minimum atomic E-state index is 1.01. The molecule has 0 aromatic carbocycles. The van der Waals surface area contributed by atoms with Crippen LogP contribution in [0, 0.1) is 11.8 Å². The van der Waals surface area contributed by atoms with Crippen molar-refractivity contribution in [1.82, 2.24) is 9.80 Å². The molecule has 2 fully saturated rings. The van der Waals surface area contributed by atoms with Crippen LogP contribution in [0.2, 0.25) is 0 Å². The van der Waals surface area contributed by atoms with Crippen molar-refractivity contribution in [3.8, 4) is 0 Å². The third kappa shape index (κ3) is 1.21. The maximum absolute atomic E-state index is 4.62. The van der Waals surface area contributed by atoms with Crippen LogP contribution in [0.15, 0.2) is 4.99 Å². The van der Waals surface area contributed by atoms with Crippen molar-refractivity contribution in [3.63, 3.8) is 0 Å². The largest absolute Gasteiger partial charge is 0.346 e. The van der Waals surface area contributed by atoms with Gasteiger partial charge in [0.15, 0.2) is 5.96 Å². The van der Waals surface area contributed by atoms with Gasteiger partial charge in [0.2, 0.25) is 0 Å². The van der Waals surface area contributed by atoms with Gasteiger partial charge in [-0.2, -0.15) is 0 Å². The van der Waals surface area contributed by atoms with Gasteiger partial charge in [-0.1, -0.05) is 0 Å². The van der Waals surface area contributed by atoms with E-state index in [2.05, 4.69) is 21.8 Å². The topological polar surface area (TPSA) is 18.8 Å². The van der Waals surface area contributed by atoms with Crippen molar-refractivity contribution in [2.24, 2.45) is 16.8 Å². The fourth-order valence-electron chi connectivity index (χ4n) is 2.61. The lowest BCUT2D eigenvalue weighted by Crippen LogP contribution is -2.44. The monoisotopic (exact) mass is 179 g/mol. The zero-order chi connectivity index (χ0) is 8.84. The summed E-state index contributed by atoms with van der Waals surface area (Å²) in [6.07, 6.45) is 2.70. The Kier molecular flexibility index (Phi) is 1.55. The molecule has 0 aromatic heterocycles. The minimum Gasteiger partial charge on any atom is -0.346 e. The maximum Gasteiger partial charge on any atom is 0.196 e. The summed E-state index contributed by atoms with van der Waals surface area (Å²) in [5, 5.41) is 0. The van der Waals surface area contributed by atoms with Gasteiger partial charge in [0.1, 0.15) is 0 Å². The summed E-state index contributed by atoms with van der Waals surface area (Å²) in [7, 11) is 2.17. The standard InChI is InChI=1S/C10H17N3/c1-12-4-2-3-11-10(12)13-6-8-5-9(8)7-13/h8-9H,2-7H2,1H3. The molecule has 2 atom stereocenters. The van der Waals surface area contributed by atoms with Crippen LogP contribution in [-0.4, -0.2) is 49.0 Å². The minimum absolute atomic E-state index is 1.01. The van der Waals surface area contributed by atoms with Crippen LogP contribution in [0.3, 0.4) is 0 Å². The first kappa shape index (κ1) is 7.65. The van der Waals surface area contributed by atoms with Gasteiger partial charge >= 0.3 is 0 Å². The Morgan fingerprint density at radius 1 is 1.31 bits per heavy atom. The number of guanidine groups is 1. The van der Waals surface area contributed by atoms with Gasteiger partial charge in [0.05, 0.1) is 0 Å². The number of rotatable bonds is 0. The molecular weight excluding hydrogens is 162 g/mol. The fraction of sp³-hybridized carbons (Fsp3) is 0.900. The number of likely N-dealkylation sites (tertiary alicyclic amines) is 1. The van der Waals surface area contributed by atoms with Crippen molar-refractivity contribution >= 4 is 5.96 Å². The van der Waals surface area contributed by atoms with E-state index in [4.69, 9.17) is 0 Å². The zero-order valence-corrected chi connectivity index (χ0v) is 8.24. The van der Waals surface area contributed by atoms with Crippen LogP contribution in [0.4, 0.5) is 0 Å². The van der Waals surface area contributed by atoms with E-state index in [-0.39, 0.29) is 0 Å². The third-order valence-electron chi connectivity index (χ3n) is 3.51. The number of hydrogen-bond acceptors (Lipinski definition) is 3. The summed E-state index contributed by atoms with van der Waals surface area (Å²) in [5.41, 5.74) is 0. The normalized spacial score (nSPS) is 37.5. The molecule has 1 saturated heterocycles. The molecular formula is C10H17N3. The van der Waals surface area contributed by atoms with E-state index in [9.17, 15) is 0 Å². The number of piperidine rings is 1. The Hall–Kier alpha value is -0.730. The second kappa shape index (κ2) is 2.63. The smallest absolute Gasteiger partial charge is 0.196 e. The molecule has 1 aliphatic carbocycles. The van der Waals surface area contributed by atoms with Crippen LogP contribution in [-0.2, 0) is 0 Å². The fourth-order valence-corrected chi connectivity index (χ4v) is 2.61. The Balaban J connectivity index is 1.72. The predicted octanol–water partition coefficient (Wildman–Crippen LogP) is 0.630. The van der Waals surface area contributed by atoms with E-state index in [1.165, 1.54) is 38.4 Å². The van der Waals surface area contributed by atoms with Gasteiger partial charge in [-0.3, -0.25) is 4.99 Å². The van der Waals surface area contributed by atoms with E-state index in [1.807, 2.05) is 0 Å². The van der Waals surface area contributed by atoms with Gasteiger partial charge in [0.25, 0.3) is 0 Å². The number of nitrogens with zero attached hydrogens (tertiary/aromatic N) is 3. The summed E-state index contributed by atoms with van der Waals surface area (Å²) in [6, 6.07) is 0. The molecule has 3 rings (SSSR count). The first-order valence-electron chi connectivity index (χ1n) is 5.35. The molecule has 3 nitrogen and oxygen atoms in total. The Morgan fingerprint density at radius 3 is 2.77 bits per heavy atom. The summed E-state index contributed by atoms with van der Waals surface area (Å²) in [4.78, 5) is 9.41. The summed E-state index contributed by atoms with van der Waals surface area (Å²) >= 11 is 0. The van der Waals surface area contributed by atoms with Gasteiger partial charge in [0, 0.05) is 33.2 Å². The Morgan fingerprint density at radius 2 is 2.08 bits per heavy atom. The first-order valence-corrected chi connectivity index (χ1v) is 5.35. The molecule has 0 bridgehead atoms. The highest BCUT2D eigenvalue weighted by molar-refractivity contribution is 5.81. The van der Waals surface area contributed by atoms with Crippen LogP contribution < -0.4 is 0 Å². The van der Waals surface area contributed by atoms with Crippen LogP contribution in [0.1, 0.15) is 12.8 Å². The van der Waals surface area contributed by atoms with E-state index in [1.54, 1.807) is 0 Å². The summed E-state index contributed by atoms with van der Waals surface area (Å²) < 4.78 is 0. The molecule has 0 N–H and O–H groups in total. The predicted molar refractivity (Wildman–Crippen MR) is 52.7 cm³/mol. The summed E-state index contributed by atoms with van der Waals surface area (Å²) in [5.74, 6) is 3.29. The van der Waals surface area contributed by atoms with Gasteiger partial charge in [-0.25, -0.2) is 0 Å². The van der Waals surface area contributed by atoms with Crippen LogP contribution in [0.5, 0.6) is 0 Å². The number of fused-ring (bicyclic) bond motifs is 1. The second-order valence-corrected chi connectivity index (χ2v) is 4.62.